The summed E-state index contributed by atoms with van der Waals surface area (Å²) in [5.41, 5.74) is 6.70. The van der Waals surface area contributed by atoms with Crippen LogP contribution < -0.4 is 21.3 Å². The van der Waals surface area contributed by atoms with Gasteiger partial charge in [0.15, 0.2) is 5.84 Å². The average Bonchev–Trinajstić information content (AvgIpc) is 3.02. The van der Waals surface area contributed by atoms with Gasteiger partial charge >= 0.3 is 12.0 Å². The van der Waals surface area contributed by atoms with Gasteiger partial charge in [0.05, 0.1) is 13.0 Å². The molecule has 1 fully saturated rings. The molecular weight excluding hydrogens is 354 g/mol. The molecule has 0 aliphatic carbocycles. The molecule has 0 spiro atoms. The molecule has 1 aromatic rings. The Bertz CT molecular complexity index is 719. The van der Waals surface area contributed by atoms with Crippen molar-refractivity contribution in [2.24, 2.45) is 10.9 Å². The third-order valence-electron chi connectivity index (χ3n) is 4.01. The minimum atomic E-state index is -0.642. The number of carbonyl (C=O) groups is 3. The number of ether oxygens (including phenoxy) is 1. The van der Waals surface area contributed by atoms with Crippen LogP contribution in [0.1, 0.15) is 25.3 Å². The molecule has 27 heavy (non-hydrogen) atoms. The largest absolute Gasteiger partial charge is 0.466 e. The summed E-state index contributed by atoms with van der Waals surface area (Å²) in [6.07, 6.45) is 0.532. The number of hydrogen-bond donors (Lipinski definition) is 4. The summed E-state index contributed by atoms with van der Waals surface area (Å²) in [5, 5.41) is 16.7. The molecule has 5 N–H and O–H groups in total. The highest BCUT2D eigenvalue weighted by atomic mass is 16.5. The van der Waals surface area contributed by atoms with Gasteiger partial charge in [0.1, 0.15) is 6.04 Å². The smallest absolute Gasteiger partial charge is 0.315 e. The van der Waals surface area contributed by atoms with Crippen molar-refractivity contribution in [1.29, 1.82) is 0 Å². The number of carbonyl (C=O) groups excluding carboxylic acids is 3. The van der Waals surface area contributed by atoms with Gasteiger partial charge in [-0.3, -0.25) is 9.59 Å². The molecule has 1 aliphatic rings. The van der Waals surface area contributed by atoms with E-state index in [0.29, 0.717) is 24.2 Å². The Labute approximate surface area is 156 Å². The Balaban J connectivity index is 1.85. The fraction of sp³-hybridized carbons (Fsp3) is 0.412. The van der Waals surface area contributed by atoms with Crippen LogP contribution in [-0.4, -0.2) is 54.7 Å². The number of nitrogens with two attached hydrogens (primary N) is 1. The Morgan fingerprint density at radius 2 is 2.07 bits per heavy atom. The number of anilines is 1. The quantitative estimate of drug-likeness (QED) is 0.175. The molecule has 0 bridgehead atoms. The first-order chi connectivity index (χ1) is 13.0. The highest BCUT2D eigenvalue weighted by molar-refractivity contribution is 6.02. The van der Waals surface area contributed by atoms with E-state index in [-0.39, 0.29) is 31.3 Å². The Hall–Kier alpha value is -3.30. The number of oxime groups is 1. The number of nitrogens with zero attached hydrogens (tertiary/aromatic N) is 2. The normalized spacial score (nSPS) is 16.9. The van der Waals surface area contributed by atoms with Gasteiger partial charge in [-0.2, -0.15) is 0 Å². The lowest BCUT2D eigenvalue weighted by atomic mass is 10.2. The van der Waals surface area contributed by atoms with Crippen LogP contribution in [-0.2, 0) is 14.3 Å². The van der Waals surface area contributed by atoms with E-state index < -0.39 is 18.0 Å². The van der Waals surface area contributed by atoms with Gasteiger partial charge in [-0.1, -0.05) is 5.16 Å². The fourth-order valence-electron chi connectivity index (χ4n) is 2.66. The summed E-state index contributed by atoms with van der Waals surface area (Å²) < 4.78 is 4.77. The first kappa shape index (κ1) is 20.0. The van der Waals surface area contributed by atoms with Crippen LogP contribution in [0.5, 0.6) is 0 Å². The highest BCUT2D eigenvalue weighted by Crippen LogP contribution is 2.22. The summed E-state index contributed by atoms with van der Waals surface area (Å²) in [6.45, 7) is 2.58. The number of benzene rings is 1. The van der Waals surface area contributed by atoms with Crippen molar-refractivity contribution in [2.45, 2.75) is 25.8 Å². The van der Waals surface area contributed by atoms with Crippen molar-refractivity contribution in [3.63, 3.8) is 0 Å². The van der Waals surface area contributed by atoms with Gasteiger partial charge in [0.2, 0.25) is 5.91 Å². The van der Waals surface area contributed by atoms with Crippen molar-refractivity contribution in [3.8, 4) is 0 Å². The summed E-state index contributed by atoms with van der Waals surface area (Å²) in [5.74, 6) is -0.642. The molecule has 0 unspecified atom stereocenters. The van der Waals surface area contributed by atoms with Gasteiger partial charge in [-0.25, -0.2) is 4.79 Å². The number of amidine groups is 1. The lowest BCUT2D eigenvalue weighted by Gasteiger charge is -2.17. The van der Waals surface area contributed by atoms with E-state index in [0.717, 1.165) is 0 Å². The maximum Gasteiger partial charge on any atom is 0.315 e. The topological polar surface area (TPSA) is 146 Å². The molecule has 1 aromatic carbocycles. The maximum absolute atomic E-state index is 12.5. The Morgan fingerprint density at radius 3 is 2.70 bits per heavy atom. The van der Waals surface area contributed by atoms with E-state index in [9.17, 15) is 14.4 Å². The number of urea groups is 1. The molecule has 1 aliphatic heterocycles. The number of hydrogen-bond acceptors (Lipinski definition) is 6. The van der Waals surface area contributed by atoms with Crippen LogP contribution in [0.3, 0.4) is 0 Å². The molecular formula is C17H23N5O5. The number of rotatable bonds is 7. The van der Waals surface area contributed by atoms with Crippen LogP contribution in [0.2, 0.25) is 0 Å². The second kappa shape index (κ2) is 9.41. The standard InChI is InChI=1S/C17H23N5O5/c1-2-27-14(23)7-9-19-17(25)20-13-8-10-22(16(13)24)12-5-3-11(4-6-12)15(18)21-26/h3-6,13,26H,2,7-10H2,1H3,(H2,18,21)(H2,19,20,25)/t13-/m0/s1. The van der Waals surface area contributed by atoms with Gasteiger partial charge < -0.3 is 31.2 Å². The van der Waals surface area contributed by atoms with Crippen LogP contribution in [0.4, 0.5) is 10.5 Å². The molecule has 3 amide bonds. The van der Waals surface area contributed by atoms with Crippen molar-refractivity contribution < 1.29 is 24.3 Å². The predicted molar refractivity (Wildman–Crippen MR) is 97.5 cm³/mol. The van der Waals surface area contributed by atoms with Crippen LogP contribution >= 0.6 is 0 Å². The van der Waals surface area contributed by atoms with Crippen LogP contribution in [0, 0.1) is 0 Å². The molecule has 10 heteroatoms. The fourth-order valence-corrected chi connectivity index (χ4v) is 2.66. The van der Waals surface area contributed by atoms with E-state index in [4.69, 9.17) is 15.7 Å². The highest BCUT2D eigenvalue weighted by Gasteiger charge is 2.33. The zero-order chi connectivity index (χ0) is 19.8. The van der Waals surface area contributed by atoms with Gasteiger partial charge in [0, 0.05) is 24.3 Å². The molecule has 1 atom stereocenters. The lowest BCUT2D eigenvalue weighted by Crippen LogP contribution is -2.46. The van der Waals surface area contributed by atoms with Gasteiger partial charge in [-0.05, 0) is 37.6 Å². The zero-order valence-corrected chi connectivity index (χ0v) is 15.0. The van der Waals surface area contributed by atoms with Crippen LogP contribution in [0.15, 0.2) is 29.4 Å². The average molecular weight is 377 g/mol. The summed E-state index contributed by atoms with van der Waals surface area (Å²) >= 11 is 0. The van der Waals surface area contributed by atoms with E-state index in [1.165, 1.54) is 0 Å². The minimum Gasteiger partial charge on any atom is -0.466 e. The minimum absolute atomic E-state index is 0.0201. The summed E-state index contributed by atoms with van der Waals surface area (Å²) in [4.78, 5) is 37.2. The zero-order valence-electron chi connectivity index (χ0n) is 15.0. The van der Waals surface area contributed by atoms with Crippen molar-refractivity contribution in [1.82, 2.24) is 10.6 Å². The van der Waals surface area contributed by atoms with E-state index in [1.54, 1.807) is 36.1 Å². The maximum atomic E-state index is 12.5. The third kappa shape index (κ3) is 5.33. The molecule has 1 saturated heterocycles. The molecule has 10 nitrogen and oxygen atoms in total. The molecule has 0 saturated carbocycles. The molecule has 2 rings (SSSR count). The molecule has 146 valence electrons. The predicted octanol–water partition coefficient (Wildman–Crippen LogP) is 0.139. The van der Waals surface area contributed by atoms with E-state index in [1.807, 2.05) is 0 Å². The molecule has 1 heterocycles. The Morgan fingerprint density at radius 1 is 1.37 bits per heavy atom. The van der Waals surface area contributed by atoms with Crippen molar-refractivity contribution >= 4 is 29.4 Å². The van der Waals surface area contributed by atoms with Crippen molar-refractivity contribution in [3.05, 3.63) is 29.8 Å². The molecule has 0 aromatic heterocycles. The van der Waals surface area contributed by atoms with Crippen molar-refractivity contribution in [2.75, 3.05) is 24.6 Å². The first-order valence-corrected chi connectivity index (χ1v) is 8.55. The lowest BCUT2D eigenvalue weighted by molar-refractivity contribution is -0.142. The third-order valence-corrected chi connectivity index (χ3v) is 4.01. The van der Waals surface area contributed by atoms with E-state index >= 15 is 0 Å². The number of amides is 3. The van der Waals surface area contributed by atoms with E-state index in [2.05, 4.69) is 15.8 Å². The van der Waals surface area contributed by atoms with Crippen LogP contribution in [0.25, 0.3) is 0 Å². The second-order valence-electron chi connectivity index (χ2n) is 5.82. The number of nitrogens with one attached hydrogen (secondary N) is 2. The molecule has 0 radical (unpaired) electrons. The second-order valence-corrected chi connectivity index (χ2v) is 5.82. The summed E-state index contributed by atoms with van der Waals surface area (Å²) in [7, 11) is 0. The monoisotopic (exact) mass is 377 g/mol. The van der Waals surface area contributed by atoms with Gasteiger partial charge in [-0.15, -0.1) is 0 Å². The number of esters is 1. The SMILES string of the molecule is CCOC(=O)CCNC(=O)N[C@H]1CCN(c2ccc(/C(N)=N/O)cc2)C1=O. The van der Waals surface area contributed by atoms with Gasteiger partial charge in [0.25, 0.3) is 0 Å². The first-order valence-electron chi connectivity index (χ1n) is 8.55. The summed E-state index contributed by atoms with van der Waals surface area (Å²) in [6, 6.07) is 5.50. The Kier molecular flexibility index (Phi) is 6.98.